The molecule has 2 atom stereocenters. The highest BCUT2D eigenvalue weighted by Gasteiger charge is 2.38. The molecule has 118 valence electrons. The number of benzene rings is 1. The van der Waals surface area contributed by atoms with Crippen molar-refractivity contribution in [2.45, 2.75) is 38.6 Å². The van der Waals surface area contributed by atoms with Gasteiger partial charge in [0.15, 0.2) is 0 Å². The molecule has 2 aliphatic rings. The first-order valence-electron chi connectivity index (χ1n) is 7.92. The molecule has 5 heteroatoms. The minimum atomic E-state index is -0.329. The summed E-state index contributed by atoms with van der Waals surface area (Å²) in [6.45, 7) is 3.26. The molecule has 2 amide bonds. The van der Waals surface area contributed by atoms with Crippen molar-refractivity contribution >= 4 is 17.5 Å². The van der Waals surface area contributed by atoms with Crippen LogP contribution in [0.25, 0.3) is 0 Å². The number of nitrogens with zero attached hydrogens (tertiary/aromatic N) is 2. The lowest BCUT2D eigenvalue weighted by atomic mass is 9.99. The molecule has 2 heterocycles. The van der Waals surface area contributed by atoms with Crippen LogP contribution in [0.1, 0.15) is 32.6 Å². The minimum Gasteiger partial charge on any atom is -0.340 e. The summed E-state index contributed by atoms with van der Waals surface area (Å²) in [5, 5.41) is 0. The van der Waals surface area contributed by atoms with E-state index in [1.54, 1.807) is 17.0 Å². The summed E-state index contributed by atoms with van der Waals surface area (Å²) < 4.78 is 13.0. The van der Waals surface area contributed by atoms with Gasteiger partial charge in [0.1, 0.15) is 5.82 Å². The number of piperidine rings is 1. The van der Waals surface area contributed by atoms with E-state index in [1.807, 2.05) is 4.90 Å². The van der Waals surface area contributed by atoms with Crippen LogP contribution in [-0.2, 0) is 9.59 Å². The second-order valence-corrected chi connectivity index (χ2v) is 6.26. The molecule has 1 aromatic rings. The topological polar surface area (TPSA) is 40.6 Å². The summed E-state index contributed by atoms with van der Waals surface area (Å²) in [4.78, 5) is 28.4. The van der Waals surface area contributed by atoms with Gasteiger partial charge in [-0.2, -0.15) is 0 Å². The first kappa shape index (κ1) is 15.0. The zero-order valence-corrected chi connectivity index (χ0v) is 12.8. The molecule has 0 N–H and O–H groups in total. The summed E-state index contributed by atoms with van der Waals surface area (Å²) >= 11 is 0. The molecule has 1 aromatic carbocycles. The largest absolute Gasteiger partial charge is 0.340 e. The fourth-order valence-corrected chi connectivity index (χ4v) is 3.40. The van der Waals surface area contributed by atoms with Crippen molar-refractivity contribution in [1.82, 2.24) is 4.90 Å². The van der Waals surface area contributed by atoms with E-state index in [-0.39, 0.29) is 36.0 Å². The van der Waals surface area contributed by atoms with Crippen LogP contribution in [0.3, 0.4) is 0 Å². The average molecular weight is 304 g/mol. The maximum absolute atomic E-state index is 13.0. The van der Waals surface area contributed by atoms with Gasteiger partial charge in [0.05, 0.1) is 5.92 Å². The molecule has 3 rings (SSSR count). The van der Waals surface area contributed by atoms with Gasteiger partial charge >= 0.3 is 0 Å². The van der Waals surface area contributed by atoms with Gasteiger partial charge < -0.3 is 9.80 Å². The van der Waals surface area contributed by atoms with Crippen LogP contribution in [0.5, 0.6) is 0 Å². The van der Waals surface area contributed by atoms with Gasteiger partial charge in [-0.1, -0.05) is 0 Å². The Labute approximate surface area is 129 Å². The third-order valence-electron chi connectivity index (χ3n) is 4.70. The Morgan fingerprint density at radius 2 is 1.95 bits per heavy atom. The molecule has 0 unspecified atom stereocenters. The number of rotatable bonds is 2. The molecule has 22 heavy (non-hydrogen) atoms. The molecule has 0 aliphatic carbocycles. The number of carbonyl (C=O) groups is 2. The lowest BCUT2D eigenvalue weighted by Crippen LogP contribution is -2.45. The van der Waals surface area contributed by atoms with Crippen LogP contribution in [0.15, 0.2) is 24.3 Å². The van der Waals surface area contributed by atoms with E-state index in [4.69, 9.17) is 0 Å². The molecular formula is C17H21FN2O2. The smallest absolute Gasteiger partial charge is 0.228 e. The summed E-state index contributed by atoms with van der Waals surface area (Å²) in [5.41, 5.74) is 0.661. The quantitative estimate of drug-likeness (QED) is 0.842. The predicted octanol–water partition coefficient (Wildman–Crippen LogP) is 2.58. The Kier molecular flexibility index (Phi) is 4.14. The van der Waals surface area contributed by atoms with Crippen molar-refractivity contribution in [3.05, 3.63) is 30.1 Å². The van der Waals surface area contributed by atoms with Crippen LogP contribution < -0.4 is 4.90 Å². The maximum atomic E-state index is 13.0. The van der Waals surface area contributed by atoms with Crippen molar-refractivity contribution in [3.63, 3.8) is 0 Å². The summed E-state index contributed by atoms with van der Waals surface area (Å²) in [5.74, 6) is -0.581. The fraction of sp³-hybridized carbons (Fsp3) is 0.529. The van der Waals surface area contributed by atoms with Crippen LogP contribution in [0, 0.1) is 11.7 Å². The second-order valence-electron chi connectivity index (χ2n) is 6.26. The predicted molar refractivity (Wildman–Crippen MR) is 81.9 cm³/mol. The number of halogens is 1. The van der Waals surface area contributed by atoms with Gasteiger partial charge in [-0.15, -0.1) is 0 Å². The maximum Gasteiger partial charge on any atom is 0.228 e. The zero-order valence-electron chi connectivity index (χ0n) is 12.8. The van der Waals surface area contributed by atoms with Crippen molar-refractivity contribution in [2.75, 3.05) is 18.0 Å². The standard InChI is InChI=1S/C17H21FN2O2/c1-12-4-2-3-9-19(12)17(22)13-10-16(21)20(11-13)15-7-5-14(18)6-8-15/h5-8,12-13H,2-4,9-11H2,1H3/t12-,13-/m0/s1. The molecular weight excluding hydrogens is 283 g/mol. The molecule has 2 aliphatic heterocycles. The highest BCUT2D eigenvalue weighted by Crippen LogP contribution is 2.28. The van der Waals surface area contributed by atoms with E-state index in [2.05, 4.69) is 6.92 Å². The molecule has 0 radical (unpaired) electrons. The second kappa shape index (κ2) is 6.07. The molecule has 2 saturated heterocycles. The summed E-state index contributed by atoms with van der Waals surface area (Å²) in [7, 11) is 0. The molecule has 4 nitrogen and oxygen atoms in total. The molecule has 0 spiro atoms. The molecule has 2 fully saturated rings. The SMILES string of the molecule is C[C@H]1CCCCN1C(=O)[C@H]1CC(=O)N(c2ccc(F)cc2)C1. The van der Waals surface area contributed by atoms with Crippen molar-refractivity contribution in [3.8, 4) is 0 Å². The van der Waals surface area contributed by atoms with Crippen LogP contribution in [0.2, 0.25) is 0 Å². The Bertz CT molecular complexity index is 573. The summed E-state index contributed by atoms with van der Waals surface area (Å²) in [6, 6.07) is 6.11. The third kappa shape index (κ3) is 2.85. The van der Waals surface area contributed by atoms with E-state index in [9.17, 15) is 14.0 Å². The number of anilines is 1. The zero-order chi connectivity index (χ0) is 15.7. The number of amides is 2. The Balaban J connectivity index is 1.71. The van der Waals surface area contributed by atoms with Crippen molar-refractivity contribution in [1.29, 1.82) is 0 Å². The molecule has 0 aromatic heterocycles. The highest BCUT2D eigenvalue weighted by molar-refractivity contribution is 6.00. The normalized spacial score (nSPS) is 25.6. The van der Waals surface area contributed by atoms with E-state index in [0.29, 0.717) is 12.2 Å². The van der Waals surface area contributed by atoms with Gasteiger partial charge in [0.25, 0.3) is 0 Å². The van der Waals surface area contributed by atoms with Crippen LogP contribution >= 0.6 is 0 Å². The lowest BCUT2D eigenvalue weighted by Gasteiger charge is -2.35. The van der Waals surface area contributed by atoms with Crippen molar-refractivity contribution in [2.24, 2.45) is 5.92 Å². The fourth-order valence-electron chi connectivity index (χ4n) is 3.40. The van der Waals surface area contributed by atoms with Gasteiger partial charge in [-0.3, -0.25) is 9.59 Å². The monoisotopic (exact) mass is 304 g/mol. The average Bonchev–Trinajstić information content (AvgIpc) is 2.90. The van der Waals surface area contributed by atoms with Crippen LogP contribution in [0.4, 0.5) is 10.1 Å². The summed E-state index contributed by atoms with van der Waals surface area (Å²) in [6.07, 6.45) is 3.49. The molecule has 0 bridgehead atoms. The molecule has 0 saturated carbocycles. The Morgan fingerprint density at radius 3 is 2.64 bits per heavy atom. The third-order valence-corrected chi connectivity index (χ3v) is 4.70. The van der Waals surface area contributed by atoms with E-state index in [1.165, 1.54) is 12.1 Å². The number of hydrogen-bond donors (Lipinski definition) is 0. The van der Waals surface area contributed by atoms with E-state index in [0.717, 1.165) is 25.8 Å². The van der Waals surface area contributed by atoms with Gasteiger partial charge in [0, 0.05) is 31.2 Å². The first-order chi connectivity index (χ1) is 10.6. The number of hydrogen-bond acceptors (Lipinski definition) is 2. The highest BCUT2D eigenvalue weighted by atomic mass is 19.1. The van der Waals surface area contributed by atoms with Crippen LogP contribution in [-0.4, -0.2) is 35.8 Å². The Hall–Kier alpha value is -1.91. The van der Waals surface area contributed by atoms with Crippen molar-refractivity contribution < 1.29 is 14.0 Å². The lowest BCUT2D eigenvalue weighted by molar-refractivity contribution is -0.139. The first-order valence-corrected chi connectivity index (χ1v) is 7.92. The Morgan fingerprint density at radius 1 is 1.23 bits per heavy atom. The van der Waals surface area contributed by atoms with E-state index < -0.39 is 0 Å². The van der Waals surface area contributed by atoms with E-state index >= 15 is 0 Å². The van der Waals surface area contributed by atoms with Gasteiger partial charge in [-0.05, 0) is 50.5 Å². The minimum absolute atomic E-state index is 0.0605. The number of likely N-dealkylation sites (tertiary alicyclic amines) is 1. The van der Waals surface area contributed by atoms with Gasteiger partial charge in [0.2, 0.25) is 11.8 Å². The number of carbonyl (C=O) groups excluding carboxylic acids is 2. The van der Waals surface area contributed by atoms with Gasteiger partial charge in [-0.25, -0.2) is 4.39 Å².